The van der Waals surface area contributed by atoms with Crippen LogP contribution in [-0.4, -0.2) is 27.9 Å². The number of unbranched alkanes of at least 4 members (excludes halogenated alkanes) is 1. The van der Waals surface area contributed by atoms with Crippen molar-refractivity contribution in [3.8, 4) is 0 Å². The molecule has 2 N–H and O–H groups in total. The van der Waals surface area contributed by atoms with Crippen molar-refractivity contribution in [1.29, 1.82) is 0 Å². The summed E-state index contributed by atoms with van der Waals surface area (Å²) < 4.78 is 25.9. The lowest BCUT2D eigenvalue weighted by atomic mass is 9.99. The molecule has 5 nitrogen and oxygen atoms in total. The van der Waals surface area contributed by atoms with Crippen molar-refractivity contribution < 1.29 is 13.2 Å². The zero-order valence-electron chi connectivity index (χ0n) is 13.9. The average molecular weight is 361 g/mol. The molecular weight excluding hydrogens is 336 g/mol. The Kier molecular flexibility index (Phi) is 8.02. The van der Waals surface area contributed by atoms with Crippen LogP contribution in [0, 0.1) is 5.92 Å². The van der Waals surface area contributed by atoms with E-state index in [2.05, 4.69) is 23.9 Å². The maximum Gasteiger partial charge on any atom is 0.252 e. The molecule has 130 valence electrons. The van der Waals surface area contributed by atoms with E-state index < -0.39 is 10.0 Å². The molecule has 1 amide bonds. The van der Waals surface area contributed by atoms with Crippen LogP contribution in [0.2, 0.25) is 5.02 Å². The Morgan fingerprint density at radius 2 is 2.00 bits per heavy atom. The molecular formula is C16H25ClN2O3S. The molecule has 0 aromatic heterocycles. The number of carbonyl (C=O) groups is 1. The normalized spacial score (nSPS) is 12.9. The van der Waals surface area contributed by atoms with Crippen molar-refractivity contribution in [2.75, 3.05) is 13.6 Å². The SMILES string of the molecule is CCCCC(CC)CNC(=O)c1cc(S(=O)(=O)NC)ccc1Cl. The first-order valence-electron chi connectivity index (χ1n) is 7.87. The van der Waals surface area contributed by atoms with Gasteiger partial charge in [0.25, 0.3) is 5.91 Å². The Balaban J connectivity index is 2.85. The first-order valence-corrected chi connectivity index (χ1v) is 9.73. The summed E-state index contributed by atoms with van der Waals surface area (Å²) in [6.45, 7) is 4.80. The van der Waals surface area contributed by atoms with E-state index in [0.717, 1.165) is 25.7 Å². The third-order valence-electron chi connectivity index (χ3n) is 3.86. The van der Waals surface area contributed by atoms with Gasteiger partial charge in [0.2, 0.25) is 10.0 Å². The van der Waals surface area contributed by atoms with E-state index in [1.54, 1.807) is 0 Å². The summed E-state index contributed by atoms with van der Waals surface area (Å²) in [6.07, 6.45) is 4.31. The molecule has 0 radical (unpaired) electrons. The number of amides is 1. The van der Waals surface area contributed by atoms with E-state index in [4.69, 9.17) is 11.6 Å². The minimum absolute atomic E-state index is 0.0209. The third kappa shape index (κ3) is 5.79. The number of halogens is 1. The van der Waals surface area contributed by atoms with Gasteiger partial charge < -0.3 is 5.32 Å². The zero-order chi connectivity index (χ0) is 17.5. The van der Waals surface area contributed by atoms with Crippen molar-refractivity contribution in [1.82, 2.24) is 10.0 Å². The van der Waals surface area contributed by atoms with Crippen molar-refractivity contribution >= 4 is 27.5 Å². The standard InChI is InChI=1S/C16H25ClN2O3S/c1-4-6-7-12(5-2)11-19-16(20)14-10-13(8-9-15(14)17)23(21,22)18-3/h8-10,12,18H,4-7,11H2,1-3H3,(H,19,20). The highest BCUT2D eigenvalue weighted by molar-refractivity contribution is 7.89. The molecule has 0 saturated heterocycles. The van der Waals surface area contributed by atoms with Gasteiger partial charge in [0.05, 0.1) is 15.5 Å². The monoisotopic (exact) mass is 360 g/mol. The summed E-state index contributed by atoms with van der Waals surface area (Å²) in [7, 11) is -2.28. The fourth-order valence-electron chi connectivity index (χ4n) is 2.24. The molecule has 0 spiro atoms. The third-order valence-corrected chi connectivity index (χ3v) is 5.60. The van der Waals surface area contributed by atoms with Gasteiger partial charge in [-0.05, 0) is 37.6 Å². The predicted octanol–water partition coefficient (Wildman–Crippen LogP) is 3.19. The largest absolute Gasteiger partial charge is 0.352 e. The number of rotatable bonds is 9. The van der Waals surface area contributed by atoms with Crippen LogP contribution in [0.15, 0.2) is 23.1 Å². The first kappa shape index (κ1) is 19.9. The van der Waals surface area contributed by atoms with E-state index in [-0.39, 0.29) is 21.4 Å². The van der Waals surface area contributed by atoms with Crippen molar-refractivity contribution in [3.63, 3.8) is 0 Å². The van der Waals surface area contributed by atoms with Gasteiger partial charge in [0, 0.05) is 6.54 Å². The van der Waals surface area contributed by atoms with Gasteiger partial charge in [-0.1, -0.05) is 44.7 Å². The van der Waals surface area contributed by atoms with Gasteiger partial charge in [-0.15, -0.1) is 0 Å². The Morgan fingerprint density at radius 1 is 1.30 bits per heavy atom. The topological polar surface area (TPSA) is 75.3 Å². The van der Waals surface area contributed by atoms with Crippen LogP contribution in [0.5, 0.6) is 0 Å². The number of sulfonamides is 1. The molecule has 1 unspecified atom stereocenters. The maximum absolute atomic E-state index is 12.3. The first-order chi connectivity index (χ1) is 10.9. The highest BCUT2D eigenvalue weighted by Gasteiger charge is 2.18. The van der Waals surface area contributed by atoms with Crippen LogP contribution < -0.4 is 10.0 Å². The van der Waals surface area contributed by atoms with Crippen LogP contribution in [-0.2, 0) is 10.0 Å². The summed E-state index contributed by atoms with van der Waals surface area (Å²) in [5, 5.41) is 3.09. The van der Waals surface area contributed by atoms with Gasteiger partial charge in [0.15, 0.2) is 0 Å². The minimum atomic E-state index is -3.61. The van der Waals surface area contributed by atoms with Gasteiger partial charge in [-0.3, -0.25) is 4.79 Å². The number of nitrogens with one attached hydrogen (secondary N) is 2. The number of benzene rings is 1. The maximum atomic E-state index is 12.3. The van der Waals surface area contributed by atoms with Gasteiger partial charge in [-0.2, -0.15) is 0 Å². The molecule has 0 aliphatic carbocycles. The van der Waals surface area contributed by atoms with E-state index in [1.807, 2.05) is 0 Å². The second-order valence-corrected chi connectivity index (χ2v) is 7.77. The van der Waals surface area contributed by atoms with E-state index >= 15 is 0 Å². The highest BCUT2D eigenvalue weighted by Crippen LogP contribution is 2.21. The summed E-state index contributed by atoms with van der Waals surface area (Å²) >= 11 is 6.04. The Morgan fingerprint density at radius 3 is 2.57 bits per heavy atom. The summed E-state index contributed by atoms with van der Waals surface area (Å²) in [5.74, 6) is 0.0694. The Hall–Kier alpha value is -1.11. The molecule has 1 aromatic rings. The number of hydrogen-bond donors (Lipinski definition) is 2. The highest BCUT2D eigenvalue weighted by atomic mass is 35.5. The van der Waals surface area contributed by atoms with Crippen molar-refractivity contribution in [2.45, 2.75) is 44.4 Å². The molecule has 1 aromatic carbocycles. The van der Waals surface area contributed by atoms with E-state index in [0.29, 0.717) is 12.5 Å². The van der Waals surface area contributed by atoms with Crippen LogP contribution in [0.4, 0.5) is 0 Å². The lowest BCUT2D eigenvalue weighted by Gasteiger charge is -2.16. The summed E-state index contributed by atoms with van der Waals surface area (Å²) in [5.41, 5.74) is 0.174. The number of hydrogen-bond acceptors (Lipinski definition) is 3. The minimum Gasteiger partial charge on any atom is -0.352 e. The smallest absolute Gasteiger partial charge is 0.252 e. The fraction of sp³-hybridized carbons (Fsp3) is 0.562. The average Bonchev–Trinajstić information content (AvgIpc) is 2.55. The second-order valence-electron chi connectivity index (χ2n) is 5.48. The van der Waals surface area contributed by atoms with Crippen LogP contribution in [0.25, 0.3) is 0 Å². The molecule has 1 rings (SSSR count). The molecule has 0 fully saturated rings. The van der Waals surface area contributed by atoms with Gasteiger partial charge >= 0.3 is 0 Å². The second kappa shape index (κ2) is 9.25. The van der Waals surface area contributed by atoms with Crippen LogP contribution in [0.1, 0.15) is 49.9 Å². The van der Waals surface area contributed by atoms with Crippen molar-refractivity contribution in [3.05, 3.63) is 28.8 Å². The van der Waals surface area contributed by atoms with E-state index in [1.165, 1.54) is 25.2 Å². The molecule has 23 heavy (non-hydrogen) atoms. The lowest BCUT2D eigenvalue weighted by Crippen LogP contribution is -2.29. The molecule has 1 atom stereocenters. The molecule has 0 saturated carbocycles. The number of carbonyl (C=O) groups excluding carboxylic acids is 1. The summed E-state index contributed by atoms with van der Waals surface area (Å²) in [6, 6.07) is 4.10. The summed E-state index contributed by atoms with van der Waals surface area (Å²) in [4.78, 5) is 12.3. The predicted molar refractivity (Wildman–Crippen MR) is 93.3 cm³/mol. The molecule has 0 heterocycles. The molecule has 0 aliphatic rings. The van der Waals surface area contributed by atoms with Crippen molar-refractivity contribution in [2.24, 2.45) is 5.92 Å². The van der Waals surface area contributed by atoms with E-state index in [9.17, 15) is 13.2 Å². The van der Waals surface area contributed by atoms with Gasteiger partial charge in [0.1, 0.15) is 0 Å². The van der Waals surface area contributed by atoms with Crippen LogP contribution in [0.3, 0.4) is 0 Å². The Labute approximate surface area is 143 Å². The molecule has 0 aliphatic heterocycles. The Bertz CT molecular complexity index is 632. The quantitative estimate of drug-likeness (QED) is 0.710. The molecule has 0 bridgehead atoms. The zero-order valence-corrected chi connectivity index (χ0v) is 15.4. The lowest BCUT2D eigenvalue weighted by molar-refractivity contribution is 0.0945. The fourth-order valence-corrected chi connectivity index (χ4v) is 3.20. The molecule has 7 heteroatoms. The van der Waals surface area contributed by atoms with Gasteiger partial charge in [-0.25, -0.2) is 13.1 Å². The van der Waals surface area contributed by atoms with Crippen LogP contribution >= 0.6 is 11.6 Å².